The van der Waals surface area contributed by atoms with Crippen molar-refractivity contribution in [2.24, 2.45) is 0 Å². The summed E-state index contributed by atoms with van der Waals surface area (Å²) < 4.78 is 57.2. The summed E-state index contributed by atoms with van der Waals surface area (Å²) in [5, 5.41) is 17.9. The molecule has 0 aliphatic rings. The van der Waals surface area contributed by atoms with Crippen LogP contribution in [0, 0.1) is 11.6 Å². The topological polar surface area (TPSA) is 119 Å². The summed E-state index contributed by atoms with van der Waals surface area (Å²) in [4.78, 5) is 8.51. The zero-order valence-corrected chi connectivity index (χ0v) is 19.2. The fourth-order valence-corrected chi connectivity index (χ4v) is 3.88. The number of halogens is 3. The lowest BCUT2D eigenvalue weighted by Gasteiger charge is -2.11. The number of hydrogen-bond acceptors (Lipinski definition) is 8. The van der Waals surface area contributed by atoms with Gasteiger partial charge < -0.3 is 15.2 Å². The fourth-order valence-electron chi connectivity index (χ4n) is 3.18. The number of aliphatic hydroxyl groups excluding tert-OH is 1. The number of nitrogens with zero attached hydrogens (tertiary/aromatic N) is 4. The lowest BCUT2D eigenvalue weighted by atomic mass is 10.1. The van der Waals surface area contributed by atoms with Crippen LogP contribution in [0.4, 0.5) is 14.6 Å². The molecular formula is C21H18ClF2N5O4S. The van der Waals surface area contributed by atoms with Gasteiger partial charge in [0.25, 0.3) is 0 Å². The van der Waals surface area contributed by atoms with Gasteiger partial charge in [-0.2, -0.15) is 15.1 Å². The van der Waals surface area contributed by atoms with Crippen LogP contribution < -0.4 is 10.1 Å². The maximum Gasteiger partial charge on any atom is 0.326 e. The second-order valence-corrected chi connectivity index (χ2v) is 9.92. The molecule has 2 heterocycles. The minimum atomic E-state index is -3.29. The van der Waals surface area contributed by atoms with Gasteiger partial charge in [0.2, 0.25) is 0 Å². The van der Waals surface area contributed by atoms with Crippen molar-refractivity contribution in [1.29, 1.82) is 0 Å². The van der Waals surface area contributed by atoms with Gasteiger partial charge >= 0.3 is 6.01 Å². The number of ether oxygens (including phenoxy) is 1. The second-order valence-electron chi connectivity index (χ2n) is 7.26. The normalized spacial score (nSPS) is 11.7. The van der Waals surface area contributed by atoms with Gasteiger partial charge in [-0.25, -0.2) is 21.9 Å². The van der Waals surface area contributed by atoms with Crippen molar-refractivity contribution in [1.82, 2.24) is 19.7 Å². The van der Waals surface area contributed by atoms with Gasteiger partial charge in [-0.1, -0.05) is 29.8 Å². The van der Waals surface area contributed by atoms with E-state index in [4.69, 9.17) is 16.3 Å². The Bertz CT molecular complexity index is 1480. The Morgan fingerprint density at radius 2 is 1.94 bits per heavy atom. The van der Waals surface area contributed by atoms with Crippen molar-refractivity contribution in [3.05, 3.63) is 59.1 Å². The molecule has 0 saturated heterocycles. The molecule has 0 spiro atoms. The van der Waals surface area contributed by atoms with Crippen LogP contribution in [0.1, 0.15) is 0 Å². The van der Waals surface area contributed by atoms with Crippen molar-refractivity contribution >= 4 is 38.3 Å². The largest absolute Gasteiger partial charge is 0.421 e. The van der Waals surface area contributed by atoms with Crippen molar-refractivity contribution in [3.63, 3.8) is 0 Å². The molecule has 0 fully saturated rings. The highest BCUT2D eigenvalue weighted by molar-refractivity contribution is 7.90. The Hall–Kier alpha value is -3.35. The summed E-state index contributed by atoms with van der Waals surface area (Å²) >= 11 is 6.35. The SMILES string of the molecule is CS(=O)(=O)CCNc1nc(Oc2ccc(F)cc2F)nc2c1c(-c1ccccc1Cl)nn2CO. The third-order valence-electron chi connectivity index (χ3n) is 4.69. The van der Waals surface area contributed by atoms with E-state index in [0.29, 0.717) is 27.7 Å². The minimum absolute atomic E-state index is 0.0123. The lowest BCUT2D eigenvalue weighted by Crippen LogP contribution is -2.15. The summed E-state index contributed by atoms with van der Waals surface area (Å²) in [5.41, 5.74) is 0.970. The molecule has 2 aromatic carbocycles. The van der Waals surface area contributed by atoms with Crippen LogP contribution in [0.5, 0.6) is 11.8 Å². The molecule has 4 rings (SSSR count). The summed E-state index contributed by atoms with van der Waals surface area (Å²) in [5.74, 6) is -2.16. The van der Waals surface area contributed by atoms with E-state index in [-0.39, 0.29) is 35.5 Å². The minimum Gasteiger partial charge on any atom is -0.421 e. The number of sulfone groups is 1. The van der Waals surface area contributed by atoms with Crippen LogP contribution in [0.25, 0.3) is 22.3 Å². The van der Waals surface area contributed by atoms with Gasteiger partial charge in [0.05, 0.1) is 16.2 Å². The summed E-state index contributed by atoms with van der Waals surface area (Å²) in [7, 11) is -3.29. The van der Waals surface area contributed by atoms with Crippen LogP contribution in [-0.2, 0) is 16.6 Å². The zero-order valence-electron chi connectivity index (χ0n) is 17.7. The third-order valence-corrected chi connectivity index (χ3v) is 5.97. The molecule has 0 amide bonds. The highest BCUT2D eigenvalue weighted by Gasteiger charge is 2.22. The predicted octanol–water partition coefficient (Wildman–Crippen LogP) is 3.62. The zero-order chi connectivity index (χ0) is 24.5. The molecule has 0 radical (unpaired) electrons. The molecule has 0 saturated carbocycles. The monoisotopic (exact) mass is 509 g/mol. The average molecular weight is 510 g/mol. The number of aromatic nitrogens is 4. The van der Waals surface area contributed by atoms with Gasteiger partial charge in [-0.15, -0.1) is 0 Å². The van der Waals surface area contributed by atoms with Crippen LogP contribution in [0.3, 0.4) is 0 Å². The Morgan fingerprint density at radius 3 is 2.62 bits per heavy atom. The van der Waals surface area contributed by atoms with Crippen molar-refractivity contribution in [3.8, 4) is 23.0 Å². The first-order valence-corrected chi connectivity index (χ1v) is 12.3. The van der Waals surface area contributed by atoms with Gasteiger partial charge in [0, 0.05) is 24.4 Å². The fraction of sp³-hybridized carbons (Fsp3) is 0.190. The van der Waals surface area contributed by atoms with Crippen LogP contribution in [0.15, 0.2) is 42.5 Å². The first-order chi connectivity index (χ1) is 16.2. The number of fused-ring (bicyclic) bond motifs is 1. The molecule has 0 atom stereocenters. The first-order valence-electron chi connectivity index (χ1n) is 9.85. The maximum absolute atomic E-state index is 14.1. The molecule has 178 valence electrons. The van der Waals surface area contributed by atoms with Crippen molar-refractivity contribution < 1.29 is 27.0 Å². The molecule has 0 bridgehead atoms. The van der Waals surface area contributed by atoms with E-state index >= 15 is 0 Å². The third kappa shape index (κ3) is 5.08. The van der Waals surface area contributed by atoms with E-state index in [1.54, 1.807) is 24.3 Å². The van der Waals surface area contributed by atoms with E-state index in [1.807, 2.05) is 0 Å². The van der Waals surface area contributed by atoms with Crippen LogP contribution >= 0.6 is 11.6 Å². The highest BCUT2D eigenvalue weighted by Crippen LogP contribution is 2.37. The first kappa shape index (κ1) is 23.8. The van der Waals surface area contributed by atoms with E-state index in [0.717, 1.165) is 23.1 Å². The number of benzene rings is 2. The molecule has 9 nitrogen and oxygen atoms in total. The molecule has 13 heteroatoms. The molecule has 2 N–H and O–H groups in total. The molecule has 4 aromatic rings. The predicted molar refractivity (Wildman–Crippen MR) is 123 cm³/mol. The summed E-state index contributed by atoms with van der Waals surface area (Å²) in [6.07, 6.45) is 1.09. The van der Waals surface area contributed by atoms with Gasteiger partial charge in [0.1, 0.15) is 33.9 Å². The van der Waals surface area contributed by atoms with E-state index in [1.165, 1.54) is 0 Å². The Morgan fingerprint density at radius 1 is 1.18 bits per heavy atom. The van der Waals surface area contributed by atoms with Gasteiger partial charge in [-0.05, 0) is 18.2 Å². The standard InChI is InChI=1S/C21H18ClF2N5O4S/c1-34(31,32)9-8-25-19-17-18(13-4-2-3-5-14(13)22)28-29(11-30)20(17)27-21(26-19)33-16-7-6-12(23)10-15(16)24/h2-7,10,30H,8-9,11H2,1H3,(H,25,26,27). The van der Waals surface area contributed by atoms with Gasteiger partial charge in [-0.3, -0.25) is 0 Å². The molecule has 0 aliphatic carbocycles. The summed E-state index contributed by atoms with van der Waals surface area (Å²) in [6, 6.07) is 9.26. The Kier molecular flexibility index (Phi) is 6.64. The lowest BCUT2D eigenvalue weighted by molar-refractivity contribution is 0.200. The number of rotatable bonds is 8. The number of nitrogens with one attached hydrogen (secondary N) is 1. The highest BCUT2D eigenvalue weighted by atomic mass is 35.5. The van der Waals surface area contributed by atoms with E-state index < -0.39 is 28.2 Å². The molecule has 0 unspecified atom stereocenters. The maximum atomic E-state index is 14.1. The molecule has 34 heavy (non-hydrogen) atoms. The van der Waals surface area contributed by atoms with E-state index in [2.05, 4.69) is 20.4 Å². The number of anilines is 1. The smallest absolute Gasteiger partial charge is 0.326 e. The van der Waals surface area contributed by atoms with Crippen molar-refractivity contribution in [2.45, 2.75) is 6.73 Å². The average Bonchev–Trinajstić information content (AvgIpc) is 3.14. The molecule has 0 aliphatic heterocycles. The van der Waals surface area contributed by atoms with E-state index in [9.17, 15) is 22.3 Å². The van der Waals surface area contributed by atoms with Crippen LogP contribution in [0.2, 0.25) is 5.02 Å². The summed E-state index contributed by atoms with van der Waals surface area (Å²) in [6.45, 7) is -0.577. The quantitative estimate of drug-likeness (QED) is 0.369. The molecule has 2 aromatic heterocycles. The Balaban J connectivity index is 1.88. The van der Waals surface area contributed by atoms with Crippen LogP contribution in [-0.4, -0.2) is 51.8 Å². The Labute approximate surface area is 197 Å². The number of hydrogen-bond donors (Lipinski definition) is 2. The second kappa shape index (κ2) is 9.49. The van der Waals surface area contributed by atoms with Gasteiger partial charge in [0.15, 0.2) is 17.2 Å². The van der Waals surface area contributed by atoms with Crippen molar-refractivity contribution in [2.75, 3.05) is 23.9 Å². The number of aliphatic hydroxyl groups is 1. The molecular weight excluding hydrogens is 492 g/mol.